The van der Waals surface area contributed by atoms with Crippen LogP contribution in [0, 0.1) is 13.8 Å². The maximum atomic E-state index is 12.1. The van der Waals surface area contributed by atoms with Crippen molar-refractivity contribution in [3.63, 3.8) is 0 Å². The van der Waals surface area contributed by atoms with Gasteiger partial charge in [-0.2, -0.15) is 0 Å². The number of hydrogen-bond donors (Lipinski definition) is 2. The zero-order valence-corrected chi connectivity index (χ0v) is 12.5. The molecule has 0 aliphatic rings. The van der Waals surface area contributed by atoms with Crippen molar-refractivity contribution in [3.05, 3.63) is 44.1 Å². The van der Waals surface area contributed by atoms with Crippen molar-refractivity contribution in [2.24, 2.45) is 0 Å². The number of rotatable bonds is 2. The summed E-state index contributed by atoms with van der Waals surface area (Å²) < 4.78 is 0.988. The van der Waals surface area contributed by atoms with Crippen LogP contribution >= 0.6 is 27.3 Å². The Morgan fingerprint density at radius 3 is 2.56 bits per heavy atom. The van der Waals surface area contributed by atoms with E-state index in [1.165, 1.54) is 11.3 Å². The van der Waals surface area contributed by atoms with Crippen molar-refractivity contribution in [2.75, 3.05) is 11.1 Å². The predicted molar refractivity (Wildman–Crippen MR) is 80.3 cm³/mol. The molecule has 1 aromatic carbocycles. The number of anilines is 2. The first-order valence-corrected chi connectivity index (χ1v) is 7.01. The highest BCUT2D eigenvalue weighted by molar-refractivity contribution is 9.11. The SMILES string of the molecule is Cc1cc(N)ccc1NC(=O)c1cc(C)c(Br)s1. The summed E-state index contributed by atoms with van der Waals surface area (Å²) in [6.07, 6.45) is 0. The predicted octanol–water partition coefficient (Wildman–Crippen LogP) is 3.96. The third-order valence-corrected chi connectivity index (χ3v) is 4.72. The van der Waals surface area contributed by atoms with Crippen LogP contribution in [0.2, 0.25) is 0 Å². The highest BCUT2D eigenvalue weighted by atomic mass is 79.9. The van der Waals surface area contributed by atoms with E-state index in [1.807, 2.05) is 32.0 Å². The second-order valence-electron chi connectivity index (χ2n) is 4.10. The first kappa shape index (κ1) is 13.1. The van der Waals surface area contributed by atoms with E-state index in [2.05, 4.69) is 21.2 Å². The van der Waals surface area contributed by atoms with Gasteiger partial charge in [-0.1, -0.05) is 0 Å². The van der Waals surface area contributed by atoms with Crippen LogP contribution in [0.4, 0.5) is 11.4 Å². The van der Waals surface area contributed by atoms with Crippen LogP contribution in [0.5, 0.6) is 0 Å². The van der Waals surface area contributed by atoms with E-state index in [9.17, 15) is 4.79 Å². The maximum absolute atomic E-state index is 12.1. The summed E-state index contributed by atoms with van der Waals surface area (Å²) in [4.78, 5) is 12.8. The Hall–Kier alpha value is -1.33. The van der Waals surface area contributed by atoms with Gasteiger partial charge >= 0.3 is 0 Å². The molecule has 2 aromatic rings. The largest absolute Gasteiger partial charge is 0.399 e. The Kier molecular flexibility index (Phi) is 3.73. The van der Waals surface area contributed by atoms with Gasteiger partial charge in [-0.15, -0.1) is 11.3 Å². The topological polar surface area (TPSA) is 55.1 Å². The van der Waals surface area contributed by atoms with E-state index in [-0.39, 0.29) is 5.91 Å². The molecule has 0 aliphatic heterocycles. The van der Waals surface area contributed by atoms with E-state index >= 15 is 0 Å². The third-order valence-electron chi connectivity index (χ3n) is 2.58. The third kappa shape index (κ3) is 2.73. The molecule has 94 valence electrons. The van der Waals surface area contributed by atoms with Gasteiger partial charge in [0.2, 0.25) is 0 Å². The van der Waals surface area contributed by atoms with Crippen LogP contribution in [0.1, 0.15) is 20.8 Å². The molecular weight excluding hydrogens is 312 g/mol. The summed E-state index contributed by atoms with van der Waals surface area (Å²) in [6, 6.07) is 7.30. The lowest BCUT2D eigenvalue weighted by atomic mass is 10.2. The number of benzene rings is 1. The van der Waals surface area contributed by atoms with Gasteiger partial charge in [0.15, 0.2) is 0 Å². The van der Waals surface area contributed by atoms with Gasteiger partial charge in [0.25, 0.3) is 5.91 Å². The average Bonchev–Trinajstić information content (AvgIpc) is 2.63. The minimum absolute atomic E-state index is 0.0957. The minimum Gasteiger partial charge on any atom is -0.399 e. The Morgan fingerprint density at radius 2 is 2.00 bits per heavy atom. The first-order chi connectivity index (χ1) is 8.47. The molecule has 0 fully saturated rings. The lowest BCUT2D eigenvalue weighted by Crippen LogP contribution is -2.11. The van der Waals surface area contributed by atoms with Crippen LogP contribution in [0.25, 0.3) is 0 Å². The molecule has 1 amide bonds. The number of carbonyl (C=O) groups is 1. The van der Waals surface area contributed by atoms with Crippen molar-refractivity contribution in [1.29, 1.82) is 0 Å². The Morgan fingerprint density at radius 1 is 1.28 bits per heavy atom. The summed E-state index contributed by atoms with van der Waals surface area (Å²) in [5.41, 5.74) is 9.18. The van der Waals surface area contributed by atoms with Crippen LogP contribution in [0.15, 0.2) is 28.1 Å². The summed E-state index contributed by atoms with van der Waals surface area (Å²) in [5.74, 6) is -0.0957. The monoisotopic (exact) mass is 324 g/mol. The van der Waals surface area contributed by atoms with Gasteiger partial charge in [-0.05, 0) is 65.2 Å². The highest BCUT2D eigenvalue weighted by Crippen LogP contribution is 2.28. The number of nitrogens with two attached hydrogens (primary N) is 1. The van der Waals surface area contributed by atoms with Gasteiger partial charge in [0, 0.05) is 11.4 Å². The second-order valence-corrected chi connectivity index (χ2v) is 6.47. The lowest BCUT2D eigenvalue weighted by Gasteiger charge is -2.07. The summed E-state index contributed by atoms with van der Waals surface area (Å²) in [5, 5.41) is 2.89. The summed E-state index contributed by atoms with van der Waals surface area (Å²) >= 11 is 4.85. The first-order valence-electron chi connectivity index (χ1n) is 5.41. The fourth-order valence-corrected chi connectivity index (χ4v) is 3.01. The average molecular weight is 325 g/mol. The van der Waals surface area contributed by atoms with E-state index in [4.69, 9.17) is 5.73 Å². The van der Waals surface area contributed by atoms with Crippen molar-refractivity contribution in [1.82, 2.24) is 0 Å². The molecule has 0 bridgehead atoms. The normalized spacial score (nSPS) is 10.4. The molecule has 3 nitrogen and oxygen atoms in total. The van der Waals surface area contributed by atoms with E-state index in [0.29, 0.717) is 10.6 Å². The van der Waals surface area contributed by atoms with Crippen molar-refractivity contribution in [3.8, 4) is 0 Å². The number of amides is 1. The van der Waals surface area contributed by atoms with Gasteiger partial charge in [0.05, 0.1) is 8.66 Å². The Balaban J connectivity index is 2.21. The summed E-state index contributed by atoms with van der Waals surface area (Å²) in [7, 11) is 0. The number of thiophene rings is 1. The van der Waals surface area contributed by atoms with Crippen LogP contribution in [0.3, 0.4) is 0 Å². The number of aryl methyl sites for hydroxylation is 2. The fourth-order valence-electron chi connectivity index (χ4n) is 1.58. The summed E-state index contributed by atoms with van der Waals surface area (Å²) in [6.45, 7) is 3.88. The molecule has 3 N–H and O–H groups in total. The van der Waals surface area contributed by atoms with Crippen LogP contribution in [-0.4, -0.2) is 5.91 Å². The van der Waals surface area contributed by atoms with E-state index in [0.717, 1.165) is 20.6 Å². The van der Waals surface area contributed by atoms with Crippen LogP contribution in [-0.2, 0) is 0 Å². The number of carbonyl (C=O) groups excluding carboxylic acids is 1. The zero-order valence-electron chi connectivity index (χ0n) is 10.1. The number of hydrogen-bond acceptors (Lipinski definition) is 3. The molecule has 0 unspecified atom stereocenters. The number of nitrogens with one attached hydrogen (secondary N) is 1. The zero-order chi connectivity index (χ0) is 13.3. The number of halogens is 1. The van der Waals surface area contributed by atoms with Gasteiger partial charge in [-0.25, -0.2) is 0 Å². The van der Waals surface area contributed by atoms with Crippen LogP contribution < -0.4 is 11.1 Å². The molecule has 2 rings (SSSR count). The quantitative estimate of drug-likeness (QED) is 0.821. The van der Waals surface area contributed by atoms with Gasteiger partial charge < -0.3 is 11.1 Å². The van der Waals surface area contributed by atoms with Crippen molar-refractivity contribution < 1.29 is 4.79 Å². The van der Waals surface area contributed by atoms with Crippen molar-refractivity contribution in [2.45, 2.75) is 13.8 Å². The van der Waals surface area contributed by atoms with E-state index < -0.39 is 0 Å². The molecule has 0 saturated carbocycles. The molecule has 1 aromatic heterocycles. The molecular formula is C13H13BrN2OS. The minimum atomic E-state index is -0.0957. The molecule has 0 aliphatic carbocycles. The number of nitrogen functional groups attached to an aromatic ring is 1. The van der Waals surface area contributed by atoms with Gasteiger partial charge in [-0.3, -0.25) is 4.79 Å². The second kappa shape index (κ2) is 5.12. The Labute approximate surface area is 118 Å². The fraction of sp³-hybridized carbons (Fsp3) is 0.154. The smallest absolute Gasteiger partial charge is 0.265 e. The van der Waals surface area contributed by atoms with E-state index in [1.54, 1.807) is 6.07 Å². The lowest BCUT2D eigenvalue weighted by molar-refractivity contribution is 0.103. The molecule has 0 spiro atoms. The molecule has 18 heavy (non-hydrogen) atoms. The standard InChI is InChI=1S/C13H13BrN2OS/c1-7-5-9(15)3-4-10(7)16-13(17)11-6-8(2)12(14)18-11/h3-6H,15H2,1-2H3,(H,16,17). The van der Waals surface area contributed by atoms with Crippen molar-refractivity contribution >= 4 is 44.5 Å². The molecule has 0 atom stereocenters. The molecule has 0 radical (unpaired) electrons. The molecule has 1 heterocycles. The highest BCUT2D eigenvalue weighted by Gasteiger charge is 2.12. The van der Waals surface area contributed by atoms with Gasteiger partial charge in [0.1, 0.15) is 0 Å². The Bertz CT molecular complexity index is 588. The molecule has 5 heteroatoms. The molecule has 0 saturated heterocycles. The maximum Gasteiger partial charge on any atom is 0.265 e.